The fraction of sp³-hybridized carbons (Fsp3) is 1.00. The zero-order valence-corrected chi connectivity index (χ0v) is 15.4. The van der Waals surface area contributed by atoms with E-state index in [1.165, 1.54) is 69.0 Å². The molecule has 0 radical (unpaired) electrons. The molecule has 2 aliphatic heterocycles. The van der Waals surface area contributed by atoms with Crippen molar-refractivity contribution >= 4 is 23.5 Å². The van der Waals surface area contributed by atoms with Gasteiger partial charge in [-0.3, -0.25) is 4.90 Å². The molecular weight excluding hydrogens is 296 g/mol. The molecule has 1 N–H and O–H groups in total. The first-order valence-electron chi connectivity index (χ1n) is 8.87. The highest BCUT2D eigenvalue weighted by Gasteiger charge is 2.41. The lowest BCUT2D eigenvalue weighted by molar-refractivity contribution is 0.0378. The van der Waals surface area contributed by atoms with Gasteiger partial charge in [0.1, 0.15) is 0 Å². The molecule has 122 valence electrons. The molecule has 3 fully saturated rings. The summed E-state index contributed by atoms with van der Waals surface area (Å²) in [6.45, 7) is 8.64. The molecule has 2 atom stereocenters. The first kappa shape index (κ1) is 16.5. The maximum Gasteiger partial charge on any atom is 0.0309 e. The summed E-state index contributed by atoms with van der Waals surface area (Å²) in [5.41, 5.74) is 0.454. The molecule has 0 aromatic carbocycles. The summed E-state index contributed by atoms with van der Waals surface area (Å²) in [5.74, 6) is 4.85. The predicted molar refractivity (Wildman–Crippen MR) is 97.6 cm³/mol. The van der Waals surface area contributed by atoms with Crippen molar-refractivity contribution in [1.82, 2.24) is 10.2 Å². The fourth-order valence-electron chi connectivity index (χ4n) is 4.34. The summed E-state index contributed by atoms with van der Waals surface area (Å²) in [4.78, 5) is 2.87. The number of nitrogens with one attached hydrogen (secondary N) is 1. The molecule has 1 spiro atoms. The van der Waals surface area contributed by atoms with Gasteiger partial charge in [-0.1, -0.05) is 33.1 Å². The molecule has 1 aliphatic carbocycles. The summed E-state index contributed by atoms with van der Waals surface area (Å²) >= 11 is 4.39. The van der Waals surface area contributed by atoms with Gasteiger partial charge in [0.05, 0.1) is 0 Å². The SMILES string of the molecule is CC(C)C1CNC2(CCCCC2)CN1CC1CSCCS1. The van der Waals surface area contributed by atoms with Crippen molar-refractivity contribution in [3.05, 3.63) is 0 Å². The highest BCUT2D eigenvalue weighted by atomic mass is 32.2. The Kier molecular flexibility index (Phi) is 5.85. The standard InChI is InChI=1S/C17H32N2S2/c1-14(2)16-10-18-17(6-4-3-5-7-17)13-19(16)11-15-12-20-8-9-21-15/h14-16,18H,3-13H2,1-2H3. The Morgan fingerprint density at radius 1 is 1.19 bits per heavy atom. The van der Waals surface area contributed by atoms with E-state index in [0.29, 0.717) is 5.54 Å². The van der Waals surface area contributed by atoms with Gasteiger partial charge >= 0.3 is 0 Å². The van der Waals surface area contributed by atoms with E-state index >= 15 is 0 Å². The lowest BCUT2D eigenvalue weighted by Gasteiger charge is -2.51. The molecular formula is C17H32N2S2. The van der Waals surface area contributed by atoms with Gasteiger partial charge in [0.2, 0.25) is 0 Å². The van der Waals surface area contributed by atoms with Gasteiger partial charge in [0.15, 0.2) is 0 Å². The van der Waals surface area contributed by atoms with Crippen molar-refractivity contribution in [1.29, 1.82) is 0 Å². The van der Waals surface area contributed by atoms with Crippen LogP contribution in [-0.2, 0) is 0 Å². The third kappa shape index (κ3) is 4.13. The molecule has 2 nitrogen and oxygen atoms in total. The van der Waals surface area contributed by atoms with E-state index < -0.39 is 0 Å². The van der Waals surface area contributed by atoms with Gasteiger partial charge in [-0.15, -0.1) is 0 Å². The molecule has 0 aromatic rings. The molecule has 0 bridgehead atoms. The first-order valence-corrected chi connectivity index (χ1v) is 11.1. The van der Waals surface area contributed by atoms with Crippen LogP contribution < -0.4 is 5.32 Å². The maximum atomic E-state index is 3.98. The lowest BCUT2D eigenvalue weighted by atomic mass is 9.78. The maximum absolute atomic E-state index is 3.98. The van der Waals surface area contributed by atoms with Crippen LogP contribution in [0.5, 0.6) is 0 Å². The Hall–Kier alpha value is 0.620. The zero-order valence-electron chi connectivity index (χ0n) is 13.8. The summed E-state index contributed by atoms with van der Waals surface area (Å²) in [6, 6.07) is 0.741. The molecule has 0 aromatic heterocycles. The number of hydrogen-bond acceptors (Lipinski definition) is 4. The Labute approximate surface area is 139 Å². The van der Waals surface area contributed by atoms with Gasteiger partial charge in [-0.2, -0.15) is 23.5 Å². The second-order valence-electron chi connectivity index (χ2n) is 7.53. The fourth-order valence-corrected chi connectivity index (χ4v) is 7.03. The van der Waals surface area contributed by atoms with Crippen molar-refractivity contribution in [2.45, 2.75) is 62.8 Å². The monoisotopic (exact) mass is 328 g/mol. The van der Waals surface area contributed by atoms with E-state index in [-0.39, 0.29) is 0 Å². The molecule has 2 saturated heterocycles. The van der Waals surface area contributed by atoms with Crippen LogP contribution in [-0.4, -0.2) is 58.6 Å². The second-order valence-corrected chi connectivity index (χ2v) is 10.1. The topological polar surface area (TPSA) is 15.3 Å². The molecule has 1 saturated carbocycles. The van der Waals surface area contributed by atoms with Crippen LogP contribution in [0.4, 0.5) is 0 Å². The molecule has 4 heteroatoms. The molecule has 3 rings (SSSR count). The Morgan fingerprint density at radius 3 is 2.67 bits per heavy atom. The summed E-state index contributed by atoms with van der Waals surface area (Å²) in [5, 5.41) is 4.84. The third-order valence-corrected chi connectivity index (χ3v) is 8.39. The number of hydrogen-bond donors (Lipinski definition) is 1. The van der Waals surface area contributed by atoms with Gasteiger partial charge in [0.25, 0.3) is 0 Å². The van der Waals surface area contributed by atoms with Crippen LogP contribution in [0.1, 0.15) is 46.0 Å². The van der Waals surface area contributed by atoms with Gasteiger partial charge in [0, 0.05) is 53.7 Å². The Balaban J connectivity index is 1.65. The minimum atomic E-state index is 0.454. The van der Waals surface area contributed by atoms with Crippen molar-refractivity contribution in [2.75, 3.05) is 36.9 Å². The van der Waals surface area contributed by atoms with Crippen molar-refractivity contribution < 1.29 is 0 Å². The van der Waals surface area contributed by atoms with Crippen LogP contribution in [0.3, 0.4) is 0 Å². The highest BCUT2D eigenvalue weighted by molar-refractivity contribution is 8.06. The molecule has 2 heterocycles. The summed E-state index contributed by atoms with van der Waals surface area (Å²) in [6.07, 6.45) is 7.12. The van der Waals surface area contributed by atoms with E-state index in [9.17, 15) is 0 Å². The lowest BCUT2D eigenvalue weighted by Crippen LogP contribution is -2.66. The number of rotatable bonds is 3. The average Bonchev–Trinajstić information content (AvgIpc) is 2.49. The van der Waals surface area contributed by atoms with Crippen molar-refractivity contribution in [3.8, 4) is 0 Å². The van der Waals surface area contributed by atoms with E-state index in [2.05, 4.69) is 47.6 Å². The minimum Gasteiger partial charge on any atom is -0.308 e. The van der Waals surface area contributed by atoms with Crippen molar-refractivity contribution in [2.24, 2.45) is 5.92 Å². The Bertz CT molecular complexity index is 323. The van der Waals surface area contributed by atoms with Crippen molar-refractivity contribution in [3.63, 3.8) is 0 Å². The molecule has 21 heavy (non-hydrogen) atoms. The number of nitrogens with zero attached hydrogens (tertiary/aromatic N) is 1. The zero-order chi connectivity index (χ0) is 14.7. The van der Waals surface area contributed by atoms with Crippen LogP contribution in [0, 0.1) is 5.92 Å². The van der Waals surface area contributed by atoms with Crippen LogP contribution in [0.25, 0.3) is 0 Å². The van der Waals surface area contributed by atoms with Crippen LogP contribution >= 0.6 is 23.5 Å². The highest BCUT2D eigenvalue weighted by Crippen LogP contribution is 2.34. The molecule has 2 unspecified atom stereocenters. The van der Waals surface area contributed by atoms with E-state index in [1.54, 1.807) is 0 Å². The Morgan fingerprint density at radius 2 is 2.00 bits per heavy atom. The normalized spacial score (nSPS) is 34.4. The van der Waals surface area contributed by atoms with Gasteiger partial charge in [-0.25, -0.2) is 0 Å². The van der Waals surface area contributed by atoms with Gasteiger partial charge < -0.3 is 5.32 Å². The first-order chi connectivity index (χ1) is 10.2. The minimum absolute atomic E-state index is 0.454. The summed E-state index contributed by atoms with van der Waals surface area (Å²) in [7, 11) is 0. The predicted octanol–water partition coefficient (Wildman–Crippen LogP) is 3.47. The van der Waals surface area contributed by atoms with E-state index in [0.717, 1.165) is 17.2 Å². The van der Waals surface area contributed by atoms with E-state index in [1.807, 2.05) is 0 Å². The molecule has 3 aliphatic rings. The largest absolute Gasteiger partial charge is 0.308 e. The number of thioether (sulfide) groups is 2. The van der Waals surface area contributed by atoms with Crippen LogP contribution in [0.15, 0.2) is 0 Å². The second kappa shape index (κ2) is 7.46. The average molecular weight is 329 g/mol. The van der Waals surface area contributed by atoms with E-state index in [4.69, 9.17) is 0 Å². The van der Waals surface area contributed by atoms with Crippen LogP contribution in [0.2, 0.25) is 0 Å². The smallest absolute Gasteiger partial charge is 0.0309 e. The van der Waals surface area contributed by atoms with Gasteiger partial charge in [-0.05, 0) is 18.8 Å². The quantitative estimate of drug-likeness (QED) is 0.853. The number of piperazine rings is 1. The summed E-state index contributed by atoms with van der Waals surface area (Å²) < 4.78 is 0. The third-order valence-electron chi connectivity index (χ3n) is 5.56. The molecule has 0 amide bonds.